The van der Waals surface area contributed by atoms with Gasteiger partial charge in [0.05, 0.1) is 5.97 Å². The third kappa shape index (κ3) is 12.8. The first kappa shape index (κ1) is 33.8. The Morgan fingerprint density at radius 3 is 1.75 bits per heavy atom. The molecule has 0 radical (unpaired) electrons. The van der Waals surface area contributed by atoms with Gasteiger partial charge < -0.3 is 25.2 Å². The second-order valence-corrected chi connectivity index (χ2v) is 6.19. The molecule has 0 spiro atoms. The van der Waals surface area contributed by atoms with Crippen LogP contribution < -0.4 is 113 Å². The SMILES string of the molecule is CCC/C=C(\[O-])CN(CCN(C(C)C(=O)O)C(C)C(=O)O)C(C)C(=O)[O-].[K+].[K+]. The molecule has 0 aromatic heterocycles. The van der Waals surface area contributed by atoms with Crippen LogP contribution in [0.15, 0.2) is 11.8 Å². The van der Waals surface area contributed by atoms with Gasteiger partial charge in [-0.3, -0.25) is 19.4 Å². The van der Waals surface area contributed by atoms with Crippen LogP contribution in [0.3, 0.4) is 0 Å². The summed E-state index contributed by atoms with van der Waals surface area (Å²) >= 11 is 0. The van der Waals surface area contributed by atoms with Crippen LogP contribution in [0, 0.1) is 0 Å². The van der Waals surface area contributed by atoms with Crippen molar-refractivity contribution in [3.63, 3.8) is 0 Å². The molecule has 0 aliphatic rings. The molecule has 3 unspecified atom stereocenters. The molecule has 0 aliphatic heterocycles. The van der Waals surface area contributed by atoms with Gasteiger partial charge in [-0.05, 0) is 27.2 Å². The Morgan fingerprint density at radius 2 is 1.39 bits per heavy atom. The summed E-state index contributed by atoms with van der Waals surface area (Å²) in [5.41, 5.74) is 0. The van der Waals surface area contributed by atoms with Crippen molar-refractivity contribution in [3.8, 4) is 0 Å². The van der Waals surface area contributed by atoms with Gasteiger partial charge in [-0.2, -0.15) is 0 Å². The zero-order valence-electron chi connectivity index (χ0n) is 17.7. The van der Waals surface area contributed by atoms with Crippen molar-refractivity contribution in [1.82, 2.24) is 9.80 Å². The minimum Gasteiger partial charge on any atom is -0.875 e. The van der Waals surface area contributed by atoms with Crippen LogP contribution in [0.1, 0.15) is 40.5 Å². The Morgan fingerprint density at radius 1 is 0.929 bits per heavy atom. The molecule has 3 atom stereocenters. The van der Waals surface area contributed by atoms with Gasteiger partial charge in [0.25, 0.3) is 0 Å². The fourth-order valence-corrected chi connectivity index (χ4v) is 2.38. The zero-order chi connectivity index (χ0) is 20.4. The fraction of sp³-hybridized carbons (Fsp3) is 0.706. The number of unbranched alkanes of at least 4 members (excludes halogenated alkanes) is 1. The van der Waals surface area contributed by atoms with Gasteiger partial charge in [0.1, 0.15) is 12.1 Å². The summed E-state index contributed by atoms with van der Waals surface area (Å²) in [6, 6.07) is -3.23. The van der Waals surface area contributed by atoms with Crippen molar-refractivity contribution >= 4 is 17.9 Å². The number of rotatable bonds is 13. The van der Waals surface area contributed by atoms with Gasteiger partial charge in [-0.1, -0.05) is 19.4 Å². The van der Waals surface area contributed by atoms with Crippen LogP contribution in [-0.4, -0.2) is 75.7 Å². The minimum atomic E-state index is -1.36. The minimum absolute atomic E-state index is 0. The van der Waals surface area contributed by atoms with E-state index in [0.717, 1.165) is 6.42 Å². The van der Waals surface area contributed by atoms with Gasteiger partial charge in [0.15, 0.2) is 0 Å². The van der Waals surface area contributed by atoms with E-state index in [0.29, 0.717) is 6.42 Å². The summed E-state index contributed by atoms with van der Waals surface area (Å²) in [5, 5.41) is 41.5. The van der Waals surface area contributed by atoms with Crippen molar-refractivity contribution in [2.24, 2.45) is 0 Å². The number of aliphatic carboxylic acids is 3. The summed E-state index contributed by atoms with van der Waals surface area (Å²) in [6.07, 6.45) is 2.83. The number of carboxylic acids is 3. The Bertz CT molecular complexity index is 512. The van der Waals surface area contributed by atoms with Gasteiger partial charge in [-0.25, -0.2) is 0 Å². The largest absolute Gasteiger partial charge is 1.00 e. The third-order valence-electron chi connectivity index (χ3n) is 4.26. The number of nitrogens with zero attached hydrogens (tertiary/aromatic N) is 2. The second-order valence-electron chi connectivity index (χ2n) is 6.19. The zero-order valence-corrected chi connectivity index (χ0v) is 23.9. The molecule has 0 fully saturated rings. The monoisotopic (exact) mass is 450 g/mol. The maximum Gasteiger partial charge on any atom is 1.00 e. The van der Waals surface area contributed by atoms with Crippen LogP contribution >= 0.6 is 0 Å². The predicted molar refractivity (Wildman–Crippen MR) is 89.9 cm³/mol. The Balaban J connectivity index is -0.00000312. The van der Waals surface area contributed by atoms with E-state index in [1.807, 2.05) is 6.92 Å². The maximum absolute atomic E-state index is 12.0. The Hall–Kier alpha value is 1.14. The van der Waals surface area contributed by atoms with Crippen LogP contribution in [0.2, 0.25) is 0 Å². The van der Waals surface area contributed by atoms with Crippen LogP contribution in [-0.2, 0) is 14.4 Å². The molecule has 0 aromatic carbocycles. The molecule has 28 heavy (non-hydrogen) atoms. The molecule has 11 heteroatoms. The van der Waals surface area contributed by atoms with E-state index in [1.54, 1.807) is 0 Å². The third-order valence-corrected chi connectivity index (χ3v) is 4.26. The average molecular weight is 451 g/mol. The molecule has 0 heterocycles. The fourth-order valence-electron chi connectivity index (χ4n) is 2.38. The summed E-state index contributed by atoms with van der Waals surface area (Å²) in [6.45, 7) is 5.81. The second kappa shape index (κ2) is 17.8. The van der Waals surface area contributed by atoms with E-state index < -0.39 is 36.0 Å². The topological polar surface area (TPSA) is 144 Å². The summed E-state index contributed by atoms with van der Waals surface area (Å²) in [4.78, 5) is 36.3. The van der Waals surface area contributed by atoms with Gasteiger partial charge in [0, 0.05) is 25.7 Å². The molecule has 0 aromatic rings. The van der Waals surface area contributed by atoms with Crippen LogP contribution in [0.5, 0.6) is 0 Å². The predicted octanol–water partition coefficient (Wildman–Crippen LogP) is -7.27. The first-order valence-corrected chi connectivity index (χ1v) is 8.55. The van der Waals surface area contributed by atoms with E-state index in [4.69, 9.17) is 0 Å². The van der Waals surface area contributed by atoms with E-state index in [9.17, 15) is 34.8 Å². The molecule has 0 rings (SSSR count). The van der Waals surface area contributed by atoms with Crippen molar-refractivity contribution in [2.75, 3.05) is 19.6 Å². The average Bonchev–Trinajstić information content (AvgIpc) is 2.57. The standard InChI is InChI=1S/C17H30N2O7.2K/c1-5-6-7-14(20)10-18(11(2)15(21)22)8-9-19(12(3)16(23)24)13(4)17(25)26;;/h7,11-13,20H,5-6,8-10H2,1-4H3,(H,21,22)(H,23,24)(H,25,26);;/q;2*+1/p-2/b14-7-;;. The Kier molecular flexibility index (Phi) is 21.5. The Labute approximate surface area is 251 Å². The molecular formula is C17H28K2N2O7. The van der Waals surface area contributed by atoms with Crippen LogP contribution in [0.4, 0.5) is 0 Å². The van der Waals surface area contributed by atoms with Crippen molar-refractivity contribution in [2.45, 2.75) is 58.7 Å². The number of hydrogen-bond donors (Lipinski definition) is 2. The van der Waals surface area contributed by atoms with E-state index in [-0.39, 0.29) is 128 Å². The van der Waals surface area contributed by atoms with Gasteiger partial charge >= 0.3 is 115 Å². The van der Waals surface area contributed by atoms with Crippen molar-refractivity contribution < 1.29 is 138 Å². The summed E-state index contributed by atoms with van der Waals surface area (Å²) < 4.78 is 0. The van der Waals surface area contributed by atoms with Gasteiger partial charge in [-0.15, -0.1) is 5.76 Å². The quantitative estimate of drug-likeness (QED) is 0.206. The number of allylic oxidation sites excluding steroid dienone is 1. The molecule has 0 amide bonds. The molecule has 0 aliphatic carbocycles. The number of carbonyl (C=O) groups excluding carboxylic acids is 1. The first-order valence-electron chi connectivity index (χ1n) is 8.55. The number of hydrogen-bond acceptors (Lipinski definition) is 7. The van der Waals surface area contributed by atoms with Crippen molar-refractivity contribution in [1.29, 1.82) is 0 Å². The van der Waals surface area contributed by atoms with E-state index >= 15 is 0 Å². The first-order chi connectivity index (χ1) is 12.0. The molecule has 0 saturated heterocycles. The summed E-state index contributed by atoms with van der Waals surface area (Å²) in [5.74, 6) is -3.99. The number of carboxylic acid groups (broad SMARTS) is 3. The molecule has 9 nitrogen and oxygen atoms in total. The van der Waals surface area contributed by atoms with Gasteiger partial charge in [0.2, 0.25) is 0 Å². The molecule has 2 N–H and O–H groups in total. The normalized spacial score (nSPS) is 14.6. The molecule has 0 bridgehead atoms. The maximum atomic E-state index is 12.0. The van der Waals surface area contributed by atoms with Crippen molar-refractivity contribution in [3.05, 3.63) is 11.8 Å². The van der Waals surface area contributed by atoms with E-state index in [1.165, 1.54) is 36.6 Å². The summed E-state index contributed by atoms with van der Waals surface area (Å²) in [7, 11) is 0. The molecule has 150 valence electrons. The number of carbonyl (C=O) groups is 3. The smallest absolute Gasteiger partial charge is 0.875 e. The van der Waals surface area contributed by atoms with E-state index in [2.05, 4.69) is 0 Å². The molecular weight excluding hydrogens is 422 g/mol. The molecule has 0 saturated carbocycles. The van der Waals surface area contributed by atoms with Crippen LogP contribution in [0.25, 0.3) is 0 Å².